The molecule has 6 rings (SSSR count). The van der Waals surface area contributed by atoms with E-state index in [-0.39, 0.29) is 18.2 Å². The fourth-order valence-corrected chi connectivity index (χ4v) is 5.03. The first-order chi connectivity index (χ1) is 20.0. The molecule has 210 valence electrons. The summed E-state index contributed by atoms with van der Waals surface area (Å²) in [6.07, 6.45) is 1.41. The topological polar surface area (TPSA) is 124 Å². The molecule has 0 aliphatic carbocycles. The molecule has 2 atom stereocenters. The number of benzene rings is 2. The van der Waals surface area contributed by atoms with Crippen LogP contribution >= 0.6 is 0 Å². The first-order valence-corrected chi connectivity index (χ1v) is 13.4. The van der Waals surface area contributed by atoms with Gasteiger partial charge in [0, 0.05) is 44.6 Å². The number of hydrogen-bond acceptors (Lipinski definition) is 8. The first-order valence-electron chi connectivity index (χ1n) is 13.4. The van der Waals surface area contributed by atoms with Gasteiger partial charge in [0.1, 0.15) is 17.4 Å². The predicted octanol–water partition coefficient (Wildman–Crippen LogP) is 3.65. The normalized spacial score (nSPS) is 17.2. The molecule has 0 spiro atoms. The van der Waals surface area contributed by atoms with Crippen LogP contribution in [0.3, 0.4) is 0 Å². The van der Waals surface area contributed by atoms with Crippen LogP contribution in [0.5, 0.6) is 0 Å². The number of nitrogens with one attached hydrogen (secondary N) is 2. The second kappa shape index (κ2) is 11.5. The quantitative estimate of drug-likeness (QED) is 0.298. The number of rotatable bonds is 8. The van der Waals surface area contributed by atoms with Crippen molar-refractivity contribution in [2.45, 2.75) is 19.1 Å². The van der Waals surface area contributed by atoms with Gasteiger partial charge in [-0.1, -0.05) is 53.7 Å². The van der Waals surface area contributed by atoms with Crippen molar-refractivity contribution in [2.75, 3.05) is 32.1 Å². The van der Waals surface area contributed by atoms with Crippen molar-refractivity contribution in [3.8, 4) is 16.9 Å². The van der Waals surface area contributed by atoms with Gasteiger partial charge < -0.3 is 10.1 Å². The molecule has 41 heavy (non-hydrogen) atoms. The smallest absolute Gasteiger partial charge is 0.320 e. The summed E-state index contributed by atoms with van der Waals surface area (Å²) < 4.78 is 8.58. The Labute approximate surface area is 236 Å². The van der Waals surface area contributed by atoms with Gasteiger partial charge in [-0.25, -0.2) is 19.1 Å². The molecule has 1 aliphatic heterocycles. The highest BCUT2D eigenvalue weighted by atomic mass is 16.7. The number of hydrogen-bond donors (Lipinski definition) is 2. The van der Waals surface area contributed by atoms with E-state index in [4.69, 9.17) is 14.7 Å². The third-order valence-electron chi connectivity index (χ3n) is 7.09. The Morgan fingerprint density at radius 1 is 1.12 bits per heavy atom. The van der Waals surface area contributed by atoms with E-state index in [1.54, 1.807) is 29.7 Å². The number of fused-ring (bicyclic) bond motifs is 1. The molecule has 12 nitrogen and oxygen atoms in total. The number of aromatic nitrogens is 6. The van der Waals surface area contributed by atoms with Crippen LogP contribution in [0.1, 0.15) is 17.2 Å². The molecule has 2 aromatic carbocycles. The molecule has 0 unspecified atom stereocenters. The number of pyridine rings is 1. The highest BCUT2D eigenvalue weighted by Crippen LogP contribution is 2.32. The van der Waals surface area contributed by atoms with Crippen LogP contribution in [-0.4, -0.2) is 73.7 Å². The SMILES string of the molecule is COCCN1C[C@@H](NC(=O)Nc2c(C)c(-c3cnc4c(c3)nnn4C)nn2-c2ccccc2)[C@H](c2ccccc2)O1. The predicted molar refractivity (Wildman–Crippen MR) is 153 cm³/mol. The number of ether oxygens (including phenoxy) is 1. The number of amides is 2. The minimum Gasteiger partial charge on any atom is -0.383 e. The van der Waals surface area contributed by atoms with E-state index in [0.717, 1.165) is 22.4 Å². The van der Waals surface area contributed by atoms with E-state index in [9.17, 15) is 4.79 Å². The summed E-state index contributed by atoms with van der Waals surface area (Å²) in [6, 6.07) is 20.8. The number of hydroxylamine groups is 2. The van der Waals surface area contributed by atoms with Gasteiger partial charge in [0.25, 0.3) is 0 Å². The van der Waals surface area contributed by atoms with E-state index in [1.165, 1.54) is 0 Å². The zero-order valence-corrected chi connectivity index (χ0v) is 23.1. The molecule has 0 radical (unpaired) electrons. The van der Waals surface area contributed by atoms with Crippen LogP contribution in [-0.2, 0) is 16.6 Å². The van der Waals surface area contributed by atoms with Gasteiger partial charge >= 0.3 is 6.03 Å². The number of carbonyl (C=O) groups excluding carboxylic acids is 1. The maximum atomic E-state index is 13.5. The van der Waals surface area contributed by atoms with E-state index in [1.807, 2.05) is 78.7 Å². The summed E-state index contributed by atoms with van der Waals surface area (Å²) >= 11 is 0. The van der Waals surface area contributed by atoms with Crippen molar-refractivity contribution in [1.82, 2.24) is 40.1 Å². The van der Waals surface area contributed by atoms with Crippen LogP contribution < -0.4 is 10.6 Å². The lowest BCUT2D eigenvalue weighted by Gasteiger charge is -2.19. The molecule has 1 aliphatic rings. The van der Waals surface area contributed by atoms with Gasteiger partial charge in [0.2, 0.25) is 0 Å². The van der Waals surface area contributed by atoms with E-state index in [2.05, 4.69) is 25.9 Å². The maximum absolute atomic E-state index is 13.5. The Morgan fingerprint density at radius 2 is 1.88 bits per heavy atom. The zero-order valence-electron chi connectivity index (χ0n) is 23.1. The van der Waals surface area contributed by atoms with E-state index >= 15 is 0 Å². The van der Waals surface area contributed by atoms with Crippen LogP contribution in [0.4, 0.5) is 10.6 Å². The second-order valence-electron chi connectivity index (χ2n) is 9.87. The minimum atomic E-state index is -0.359. The number of anilines is 1. The van der Waals surface area contributed by atoms with Crippen molar-refractivity contribution in [2.24, 2.45) is 7.05 Å². The molecule has 2 N–H and O–H groups in total. The van der Waals surface area contributed by atoms with Crippen molar-refractivity contribution in [3.05, 3.63) is 84.1 Å². The highest BCUT2D eigenvalue weighted by molar-refractivity contribution is 5.91. The number of para-hydroxylation sites is 1. The summed E-state index contributed by atoms with van der Waals surface area (Å²) in [6.45, 7) is 3.55. The fourth-order valence-electron chi connectivity index (χ4n) is 5.03. The summed E-state index contributed by atoms with van der Waals surface area (Å²) in [5.41, 5.74) is 5.38. The minimum absolute atomic E-state index is 0.287. The Kier molecular flexibility index (Phi) is 7.42. The van der Waals surface area contributed by atoms with Crippen molar-refractivity contribution < 1.29 is 14.4 Å². The Bertz CT molecular complexity index is 1650. The monoisotopic (exact) mass is 553 g/mol. The Hall–Kier alpha value is -4.65. The van der Waals surface area contributed by atoms with Crippen LogP contribution in [0.2, 0.25) is 0 Å². The summed E-state index contributed by atoms with van der Waals surface area (Å²) in [5.74, 6) is 0.550. The van der Waals surface area contributed by atoms with Crippen LogP contribution in [0, 0.1) is 6.92 Å². The second-order valence-corrected chi connectivity index (χ2v) is 9.87. The zero-order chi connectivity index (χ0) is 28.3. The average Bonchev–Trinajstić information content (AvgIpc) is 3.68. The number of methoxy groups -OCH3 is 1. The third-order valence-corrected chi connectivity index (χ3v) is 7.09. The van der Waals surface area contributed by atoms with Crippen molar-refractivity contribution in [3.63, 3.8) is 0 Å². The van der Waals surface area contributed by atoms with Gasteiger partial charge in [-0.3, -0.25) is 10.2 Å². The summed E-state index contributed by atoms with van der Waals surface area (Å²) in [5, 5.41) is 21.2. The largest absolute Gasteiger partial charge is 0.383 e. The fraction of sp³-hybridized carbons (Fsp3) is 0.276. The lowest BCUT2D eigenvalue weighted by Crippen LogP contribution is -2.42. The van der Waals surface area contributed by atoms with Crippen LogP contribution in [0.25, 0.3) is 28.1 Å². The van der Waals surface area contributed by atoms with Crippen LogP contribution in [0.15, 0.2) is 72.9 Å². The van der Waals surface area contributed by atoms with E-state index < -0.39 is 0 Å². The van der Waals surface area contributed by atoms with Gasteiger partial charge in [-0.05, 0) is 30.7 Å². The molecular weight excluding hydrogens is 522 g/mol. The van der Waals surface area contributed by atoms with Gasteiger partial charge in [-0.15, -0.1) is 5.10 Å². The lowest BCUT2D eigenvalue weighted by atomic mass is 10.0. The number of nitrogens with zero attached hydrogens (tertiary/aromatic N) is 7. The Morgan fingerprint density at radius 3 is 2.63 bits per heavy atom. The average molecular weight is 554 g/mol. The number of aryl methyl sites for hydroxylation is 1. The standard InChI is InChI=1S/C29H31N9O3/c1-19-25(21-16-23-28(30-17-21)36(2)35-33-23)34-38(22-12-8-5-9-13-22)27(19)32-29(39)31-24-18-37(14-15-40-3)41-26(24)20-10-6-4-7-11-20/h4-13,16-17,24,26H,14-15,18H2,1-3H3,(H2,31,32,39)/t24-,26+/m1/s1. The lowest BCUT2D eigenvalue weighted by molar-refractivity contribution is -0.154. The molecule has 1 saturated heterocycles. The van der Waals surface area contributed by atoms with Gasteiger partial charge in [-0.2, -0.15) is 10.2 Å². The molecule has 5 aromatic rings. The molecule has 3 aromatic heterocycles. The molecule has 0 saturated carbocycles. The molecule has 0 bridgehead atoms. The van der Waals surface area contributed by atoms with Gasteiger partial charge in [0.05, 0.1) is 24.0 Å². The first kappa shape index (κ1) is 26.6. The molecule has 4 heterocycles. The molecule has 2 amide bonds. The van der Waals surface area contributed by atoms with Crippen molar-refractivity contribution >= 4 is 23.0 Å². The van der Waals surface area contributed by atoms with Gasteiger partial charge in [0.15, 0.2) is 5.65 Å². The molecular formula is C29H31N9O3. The highest BCUT2D eigenvalue weighted by Gasteiger charge is 2.36. The number of urea groups is 1. The Balaban J connectivity index is 1.30. The maximum Gasteiger partial charge on any atom is 0.320 e. The van der Waals surface area contributed by atoms with E-state index in [0.29, 0.717) is 42.4 Å². The summed E-state index contributed by atoms with van der Waals surface area (Å²) in [4.78, 5) is 24.3. The van der Waals surface area contributed by atoms with Crippen molar-refractivity contribution in [1.29, 1.82) is 0 Å². The third kappa shape index (κ3) is 5.40. The number of carbonyl (C=O) groups is 1. The summed E-state index contributed by atoms with van der Waals surface area (Å²) in [7, 11) is 3.45. The molecule has 12 heteroatoms. The molecule has 1 fully saturated rings.